The van der Waals surface area contributed by atoms with E-state index in [1.165, 1.54) is 19.3 Å². The van der Waals surface area contributed by atoms with Gasteiger partial charge in [0.25, 0.3) is 0 Å². The van der Waals surface area contributed by atoms with Crippen molar-refractivity contribution < 1.29 is 4.79 Å². The van der Waals surface area contributed by atoms with Crippen LogP contribution in [-0.2, 0) is 4.79 Å². The summed E-state index contributed by atoms with van der Waals surface area (Å²) in [5.74, 6) is 0.0480. The standard InChI is InChI=1S/C12H23N3O/c1-15(2)11(5-3-6-11)9-14-10(16)12(13)7-4-8-12/h3-9,13H2,1-2H3,(H,14,16). The first-order chi connectivity index (χ1) is 7.49. The summed E-state index contributed by atoms with van der Waals surface area (Å²) in [6, 6.07) is 0. The molecule has 0 aromatic heterocycles. The zero-order valence-electron chi connectivity index (χ0n) is 10.4. The molecule has 3 N–H and O–H groups in total. The van der Waals surface area contributed by atoms with E-state index in [-0.39, 0.29) is 11.4 Å². The average molecular weight is 225 g/mol. The maximum atomic E-state index is 11.9. The van der Waals surface area contributed by atoms with E-state index in [9.17, 15) is 4.79 Å². The van der Waals surface area contributed by atoms with Crippen molar-refractivity contribution in [2.45, 2.75) is 49.6 Å². The van der Waals surface area contributed by atoms with Gasteiger partial charge in [0.1, 0.15) is 0 Å². The van der Waals surface area contributed by atoms with Gasteiger partial charge in [-0.3, -0.25) is 4.79 Å². The van der Waals surface area contributed by atoms with Crippen LogP contribution in [0.3, 0.4) is 0 Å². The van der Waals surface area contributed by atoms with Crippen LogP contribution in [0.4, 0.5) is 0 Å². The van der Waals surface area contributed by atoms with Crippen LogP contribution in [0.5, 0.6) is 0 Å². The van der Waals surface area contributed by atoms with E-state index in [0.29, 0.717) is 0 Å². The molecule has 16 heavy (non-hydrogen) atoms. The lowest BCUT2D eigenvalue weighted by Crippen LogP contribution is -2.63. The summed E-state index contributed by atoms with van der Waals surface area (Å²) in [5.41, 5.74) is 5.62. The van der Waals surface area contributed by atoms with Gasteiger partial charge in [0.15, 0.2) is 0 Å². The highest BCUT2D eigenvalue weighted by Gasteiger charge is 2.43. The maximum Gasteiger partial charge on any atom is 0.240 e. The van der Waals surface area contributed by atoms with Crippen LogP contribution < -0.4 is 11.1 Å². The number of nitrogens with zero attached hydrogens (tertiary/aromatic N) is 1. The third-order valence-electron chi connectivity index (χ3n) is 4.51. The van der Waals surface area contributed by atoms with Gasteiger partial charge in [0.2, 0.25) is 5.91 Å². The molecule has 2 fully saturated rings. The number of rotatable bonds is 4. The highest BCUT2D eigenvalue weighted by Crippen LogP contribution is 2.36. The fourth-order valence-corrected chi connectivity index (χ4v) is 2.57. The minimum Gasteiger partial charge on any atom is -0.353 e. The van der Waals surface area contributed by atoms with E-state index in [1.807, 2.05) is 0 Å². The number of carbonyl (C=O) groups is 1. The summed E-state index contributed by atoms with van der Waals surface area (Å²) in [5, 5.41) is 3.04. The summed E-state index contributed by atoms with van der Waals surface area (Å²) >= 11 is 0. The van der Waals surface area contributed by atoms with Crippen molar-refractivity contribution in [2.24, 2.45) is 5.73 Å². The molecule has 2 saturated carbocycles. The van der Waals surface area contributed by atoms with Crippen LogP contribution in [0.25, 0.3) is 0 Å². The highest BCUT2D eigenvalue weighted by atomic mass is 16.2. The second kappa shape index (κ2) is 4.00. The van der Waals surface area contributed by atoms with E-state index < -0.39 is 5.54 Å². The molecule has 0 bridgehead atoms. The summed E-state index contributed by atoms with van der Waals surface area (Å²) in [4.78, 5) is 14.1. The van der Waals surface area contributed by atoms with Gasteiger partial charge in [0.05, 0.1) is 5.54 Å². The molecule has 0 aliphatic heterocycles. The largest absolute Gasteiger partial charge is 0.353 e. The fraction of sp³-hybridized carbons (Fsp3) is 0.917. The molecule has 0 saturated heterocycles. The van der Waals surface area contributed by atoms with Gasteiger partial charge < -0.3 is 16.0 Å². The number of carbonyl (C=O) groups excluding carboxylic acids is 1. The number of nitrogens with one attached hydrogen (secondary N) is 1. The molecular formula is C12H23N3O. The number of likely N-dealkylation sites (N-methyl/N-ethyl adjacent to an activating group) is 1. The van der Waals surface area contributed by atoms with E-state index in [0.717, 1.165) is 25.8 Å². The van der Waals surface area contributed by atoms with E-state index in [4.69, 9.17) is 5.73 Å². The second-order valence-electron chi connectivity index (χ2n) is 5.66. The minimum atomic E-state index is -0.558. The average Bonchev–Trinajstić information content (AvgIpc) is 2.11. The number of amides is 1. The van der Waals surface area contributed by atoms with Gasteiger partial charge in [-0.05, 0) is 52.6 Å². The van der Waals surface area contributed by atoms with Gasteiger partial charge >= 0.3 is 0 Å². The summed E-state index contributed by atoms with van der Waals surface area (Å²) in [6.45, 7) is 0.748. The number of hydrogen-bond acceptors (Lipinski definition) is 3. The van der Waals surface area contributed by atoms with Crippen LogP contribution in [0.1, 0.15) is 38.5 Å². The second-order valence-corrected chi connectivity index (χ2v) is 5.66. The quantitative estimate of drug-likeness (QED) is 0.731. The van der Waals surface area contributed by atoms with Crippen LogP contribution >= 0.6 is 0 Å². The van der Waals surface area contributed by atoms with Crippen molar-refractivity contribution in [3.8, 4) is 0 Å². The Kier molecular flexibility index (Phi) is 2.97. The predicted octanol–water partition coefficient (Wildman–Crippen LogP) is 0.468. The number of hydrogen-bond donors (Lipinski definition) is 2. The Bertz CT molecular complexity index is 280. The van der Waals surface area contributed by atoms with Crippen molar-refractivity contribution >= 4 is 5.91 Å². The third kappa shape index (κ3) is 1.84. The van der Waals surface area contributed by atoms with Gasteiger partial charge in [0, 0.05) is 12.1 Å². The topological polar surface area (TPSA) is 58.4 Å². The van der Waals surface area contributed by atoms with Gasteiger partial charge in [-0.1, -0.05) is 0 Å². The molecule has 4 heteroatoms. The monoisotopic (exact) mass is 225 g/mol. The zero-order valence-corrected chi connectivity index (χ0v) is 10.4. The molecule has 0 aromatic rings. The van der Waals surface area contributed by atoms with Gasteiger partial charge in [-0.15, -0.1) is 0 Å². The third-order valence-corrected chi connectivity index (χ3v) is 4.51. The zero-order chi connectivity index (χ0) is 11.8. The normalized spacial score (nSPS) is 25.8. The van der Waals surface area contributed by atoms with Crippen molar-refractivity contribution in [1.29, 1.82) is 0 Å². The lowest BCUT2D eigenvalue weighted by atomic mass is 9.74. The predicted molar refractivity (Wildman–Crippen MR) is 64.0 cm³/mol. The van der Waals surface area contributed by atoms with Crippen LogP contribution in [0.2, 0.25) is 0 Å². The molecule has 0 atom stereocenters. The Morgan fingerprint density at radius 1 is 1.25 bits per heavy atom. The Hall–Kier alpha value is -0.610. The van der Waals surface area contributed by atoms with Gasteiger partial charge in [-0.2, -0.15) is 0 Å². The van der Waals surface area contributed by atoms with Crippen molar-refractivity contribution in [3.05, 3.63) is 0 Å². The van der Waals surface area contributed by atoms with Crippen molar-refractivity contribution in [1.82, 2.24) is 10.2 Å². The van der Waals surface area contributed by atoms with E-state index >= 15 is 0 Å². The smallest absolute Gasteiger partial charge is 0.240 e. The highest BCUT2D eigenvalue weighted by molar-refractivity contribution is 5.87. The van der Waals surface area contributed by atoms with E-state index in [1.54, 1.807) is 0 Å². The van der Waals surface area contributed by atoms with Crippen molar-refractivity contribution in [3.63, 3.8) is 0 Å². The molecule has 1 amide bonds. The molecule has 0 aromatic carbocycles. The summed E-state index contributed by atoms with van der Waals surface area (Å²) in [7, 11) is 4.18. The molecule has 2 rings (SSSR count). The first-order valence-corrected chi connectivity index (χ1v) is 6.23. The van der Waals surface area contributed by atoms with Gasteiger partial charge in [-0.25, -0.2) is 0 Å². The summed E-state index contributed by atoms with van der Waals surface area (Å²) in [6.07, 6.45) is 6.39. The Balaban J connectivity index is 1.84. The molecular weight excluding hydrogens is 202 g/mol. The molecule has 0 spiro atoms. The summed E-state index contributed by atoms with van der Waals surface area (Å²) < 4.78 is 0. The Morgan fingerprint density at radius 3 is 2.12 bits per heavy atom. The van der Waals surface area contributed by atoms with Crippen LogP contribution in [0.15, 0.2) is 0 Å². The molecule has 2 aliphatic carbocycles. The number of nitrogens with two attached hydrogens (primary N) is 1. The first-order valence-electron chi connectivity index (χ1n) is 6.23. The molecule has 0 unspecified atom stereocenters. The molecule has 0 heterocycles. The molecule has 4 nitrogen and oxygen atoms in total. The molecule has 2 aliphatic rings. The lowest BCUT2D eigenvalue weighted by molar-refractivity contribution is -0.130. The lowest BCUT2D eigenvalue weighted by Gasteiger charge is -2.48. The minimum absolute atomic E-state index is 0.0480. The van der Waals surface area contributed by atoms with Crippen LogP contribution in [0, 0.1) is 0 Å². The molecule has 92 valence electrons. The fourth-order valence-electron chi connectivity index (χ4n) is 2.57. The van der Waals surface area contributed by atoms with E-state index in [2.05, 4.69) is 24.3 Å². The Morgan fingerprint density at radius 2 is 1.81 bits per heavy atom. The van der Waals surface area contributed by atoms with Crippen molar-refractivity contribution in [2.75, 3.05) is 20.6 Å². The molecule has 0 radical (unpaired) electrons. The first kappa shape index (κ1) is 11.9. The SMILES string of the molecule is CN(C)C1(CNC(=O)C2(N)CCC2)CCC1. The Labute approximate surface area is 97.6 Å². The maximum absolute atomic E-state index is 11.9. The van der Waals surface area contributed by atoms with Crippen LogP contribution in [-0.4, -0.2) is 42.5 Å².